The van der Waals surface area contributed by atoms with Crippen LogP contribution in [0.2, 0.25) is 0 Å². The van der Waals surface area contributed by atoms with Crippen LogP contribution in [0.3, 0.4) is 0 Å². The fourth-order valence-electron chi connectivity index (χ4n) is 4.17. The molecule has 0 saturated carbocycles. The van der Waals surface area contributed by atoms with Crippen molar-refractivity contribution in [3.8, 4) is 5.75 Å². The van der Waals surface area contributed by atoms with Crippen molar-refractivity contribution >= 4 is 23.6 Å². The zero-order valence-corrected chi connectivity index (χ0v) is 22.4. The van der Waals surface area contributed by atoms with Crippen molar-refractivity contribution in [2.75, 3.05) is 24.7 Å². The van der Waals surface area contributed by atoms with Crippen molar-refractivity contribution in [3.05, 3.63) is 95.0 Å². The van der Waals surface area contributed by atoms with E-state index in [-0.39, 0.29) is 31.0 Å². The third-order valence-electron chi connectivity index (χ3n) is 5.75. The summed E-state index contributed by atoms with van der Waals surface area (Å²) in [6.45, 7) is 9.66. The minimum atomic E-state index is -0.845. The molecule has 0 unspecified atom stereocenters. The third-order valence-corrected chi connectivity index (χ3v) is 5.75. The summed E-state index contributed by atoms with van der Waals surface area (Å²) in [5.41, 5.74) is 3.87. The highest BCUT2D eigenvalue weighted by Crippen LogP contribution is 2.42. The maximum Gasteiger partial charge on any atom is 0.336 e. The SMILES string of the molecule is CCOC(=O)/C=C/Oc1ccccc1C1C(C(=O)OCC)=CN(c2ccc(C)cc2C)C=C1C(=O)OCC. The number of esters is 3. The molecule has 8 nitrogen and oxygen atoms in total. The highest BCUT2D eigenvalue weighted by atomic mass is 16.5. The van der Waals surface area contributed by atoms with Crippen LogP contribution >= 0.6 is 0 Å². The maximum atomic E-state index is 13.3. The normalized spacial score (nSPS) is 13.6. The number of para-hydroxylation sites is 1. The fraction of sp³-hybridized carbons (Fsp3) is 0.300. The molecule has 0 saturated heterocycles. The van der Waals surface area contributed by atoms with Gasteiger partial charge in [-0.1, -0.05) is 35.9 Å². The van der Waals surface area contributed by atoms with Crippen LogP contribution in [0.1, 0.15) is 43.4 Å². The molecule has 0 amide bonds. The molecule has 0 aromatic heterocycles. The predicted molar refractivity (Wildman–Crippen MR) is 143 cm³/mol. The summed E-state index contributed by atoms with van der Waals surface area (Å²) in [5.74, 6) is -2.19. The second-order valence-electron chi connectivity index (χ2n) is 8.45. The molecular weight excluding hydrogens is 486 g/mol. The van der Waals surface area contributed by atoms with E-state index in [1.165, 1.54) is 6.26 Å². The standard InChI is InChI=1S/C30H33NO7/c1-6-35-27(32)15-16-38-26-12-10-9-11-22(26)28-23(29(33)36-7-2)18-31(19-24(28)30(34)37-8-3)25-14-13-20(4)17-21(25)5/h9-19,28H,6-8H2,1-5H3/b16-15+. The van der Waals surface area contributed by atoms with Gasteiger partial charge < -0.3 is 23.8 Å². The Balaban J connectivity index is 2.16. The van der Waals surface area contributed by atoms with Gasteiger partial charge in [0, 0.05) is 23.7 Å². The number of carbonyl (C=O) groups is 3. The molecule has 0 aliphatic carbocycles. The lowest BCUT2D eigenvalue weighted by Gasteiger charge is -2.31. The van der Waals surface area contributed by atoms with Gasteiger partial charge in [0.1, 0.15) is 5.75 Å². The van der Waals surface area contributed by atoms with Gasteiger partial charge in [-0.15, -0.1) is 0 Å². The number of ether oxygens (including phenoxy) is 4. The number of hydrogen-bond acceptors (Lipinski definition) is 8. The molecule has 1 aliphatic rings. The van der Waals surface area contributed by atoms with E-state index in [0.29, 0.717) is 11.3 Å². The van der Waals surface area contributed by atoms with E-state index in [1.54, 1.807) is 62.3 Å². The molecule has 38 heavy (non-hydrogen) atoms. The van der Waals surface area contributed by atoms with Gasteiger partial charge in [0.25, 0.3) is 0 Å². The molecule has 0 spiro atoms. The topological polar surface area (TPSA) is 91.4 Å². The lowest BCUT2D eigenvalue weighted by Crippen LogP contribution is -2.29. The maximum absolute atomic E-state index is 13.3. The number of carbonyl (C=O) groups excluding carboxylic acids is 3. The summed E-state index contributed by atoms with van der Waals surface area (Å²) in [5, 5.41) is 0. The van der Waals surface area contributed by atoms with E-state index in [1.807, 2.05) is 32.0 Å². The second kappa shape index (κ2) is 13.3. The lowest BCUT2D eigenvalue weighted by molar-refractivity contribution is -0.140. The van der Waals surface area contributed by atoms with Gasteiger partial charge in [0.05, 0.1) is 49.2 Å². The van der Waals surface area contributed by atoms with E-state index in [2.05, 4.69) is 0 Å². The van der Waals surface area contributed by atoms with Crippen LogP contribution in [0.25, 0.3) is 0 Å². The van der Waals surface area contributed by atoms with Gasteiger partial charge in [-0.3, -0.25) is 0 Å². The summed E-state index contributed by atoms with van der Waals surface area (Å²) in [6, 6.07) is 12.9. The summed E-state index contributed by atoms with van der Waals surface area (Å²) >= 11 is 0. The summed E-state index contributed by atoms with van der Waals surface area (Å²) < 4.78 is 21.5. The second-order valence-corrected chi connectivity index (χ2v) is 8.45. The van der Waals surface area contributed by atoms with E-state index >= 15 is 0 Å². The monoisotopic (exact) mass is 519 g/mol. The Hall–Kier alpha value is -4.33. The van der Waals surface area contributed by atoms with E-state index in [4.69, 9.17) is 18.9 Å². The molecule has 2 aromatic rings. The molecule has 0 radical (unpaired) electrons. The Kier molecular flexibility index (Phi) is 9.87. The van der Waals surface area contributed by atoms with Gasteiger partial charge in [-0.05, 0) is 52.3 Å². The van der Waals surface area contributed by atoms with Crippen LogP contribution in [-0.4, -0.2) is 37.7 Å². The van der Waals surface area contributed by atoms with Crippen molar-refractivity contribution in [3.63, 3.8) is 0 Å². The molecule has 0 bridgehead atoms. The molecule has 0 N–H and O–H groups in total. The zero-order valence-electron chi connectivity index (χ0n) is 22.4. The van der Waals surface area contributed by atoms with Gasteiger partial charge in [0.15, 0.2) is 0 Å². The summed E-state index contributed by atoms with van der Waals surface area (Å²) in [6.07, 6.45) is 5.72. The van der Waals surface area contributed by atoms with E-state index < -0.39 is 23.8 Å². The zero-order chi connectivity index (χ0) is 27.7. The number of anilines is 1. The average molecular weight is 520 g/mol. The van der Waals surface area contributed by atoms with Crippen molar-refractivity contribution in [2.24, 2.45) is 0 Å². The van der Waals surface area contributed by atoms with Crippen molar-refractivity contribution < 1.29 is 33.3 Å². The largest absolute Gasteiger partial charge is 0.464 e. The Morgan fingerprint density at radius 2 is 1.45 bits per heavy atom. The predicted octanol–water partition coefficient (Wildman–Crippen LogP) is 5.26. The molecule has 2 aromatic carbocycles. The van der Waals surface area contributed by atoms with Crippen LogP contribution < -0.4 is 9.64 Å². The molecular formula is C30H33NO7. The van der Waals surface area contributed by atoms with E-state index in [9.17, 15) is 14.4 Å². The lowest BCUT2D eigenvalue weighted by atomic mass is 9.82. The smallest absolute Gasteiger partial charge is 0.336 e. The van der Waals surface area contributed by atoms with Crippen molar-refractivity contribution in [2.45, 2.75) is 40.5 Å². The van der Waals surface area contributed by atoms with Crippen molar-refractivity contribution in [1.82, 2.24) is 0 Å². The Labute approximate surface area is 223 Å². The first-order valence-corrected chi connectivity index (χ1v) is 12.5. The van der Waals surface area contributed by atoms with E-state index in [0.717, 1.165) is 22.9 Å². The number of nitrogens with zero attached hydrogens (tertiary/aromatic N) is 1. The Morgan fingerprint density at radius 3 is 2.03 bits per heavy atom. The molecule has 0 fully saturated rings. The number of aryl methyl sites for hydroxylation is 2. The van der Waals surface area contributed by atoms with Gasteiger partial charge >= 0.3 is 17.9 Å². The highest BCUT2D eigenvalue weighted by Gasteiger charge is 2.37. The first kappa shape index (κ1) is 28.2. The molecule has 200 valence electrons. The quantitative estimate of drug-likeness (QED) is 0.182. The Bertz CT molecular complexity index is 1240. The summed E-state index contributed by atoms with van der Waals surface area (Å²) in [7, 11) is 0. The fourth-order valence-corrected chi connectivity index (χ4v) is 4.17. The van der Waals surface area contributed by atoms with Gasteiger partial charge in [0.2, 0.25) is 0 Å². The molecule has 1 aliphatic heterocycles. The summed E-state index contributed by atoms with van der Waals surface area (Å²) in [4.78, 5) is 40.1. The molecule has 8 heteroatoms. The minimum Gasteiger partial charge on any atom is -0.464 e. The molecule has 3 rings (SSSR count). The highest BCUT2D eigenvalue weighted by molar-refractivity contribution is 6.00. The van der Waals surface area contributed by atoms with Crippen LogP contribution in [0.15, 0.2) is 78.3 Å². The number of benzene rings is 2. The van der Waals surface area contributed by atoms with Crippen LogP contribution in [0, 0.1) is 13.8 Å². The third kappa shape index (κ3) is 6.70. The Morgan fingerprint density at radius 1 is 0.842 bits per heavy atom. The number of hydrogen-bond donors (Lipinski definition) is 0. The van der Waals surface area contributed by atoms with Gasteiger partial charge in [-0.2, -0.15) is 0 Å². The average Bonchev–Trinajstić information content (AvgIpc) is 2.89. The molecule has 1 heterocycles. The first-order chi connectivity index (χ1) is 18.3. The first-order valence-electron chi connectivity index (χ1n) is 12.5. The van der Waals surface area contributed by atoms with Crippen LogP contribution in [0.5, 0.6) is 5.75 Å². The minimum absolute atomic E-state index is 0.158. The van der Waals surface area contributed by atoms with Gasteiger partial charge in [-0.25, -0.2) is 14.4 Å². The van der Waals surface area contributed by atoms with Crippen LogP contribution in [-0.2, 0) is 28.6 Å². The van der Waals surface area contributed by atoms with Crippen molar-refractivity contribution in [1.29, 1.82) is 0 Å². The number of rotatable bonds is 10. The van der Waals surface area contributed by atoms with Crippen LogP contribution in [0.4, 0.5) is 5.69 Å². The molecule has 0 atom stereocenters.